The maximum atomic E-state index is 12.3. The molecule has 0 radical (unpaired) electrons. The van der Waals surface area contributed by atoms with Crippen LogP contribution in [0.5, 0.6) is 51.7 Å². The van der Waals surface area contributed by atoms with Gasteiger partial charge in [0.05, 0.1) is 31.7 Å². The van der Waals surface area contributed by atoms with E-state index in [1.54, 1.807) is 72.8 Å². The summed E-state index contributed by atoms with van der Waals surface area (Å²) in [6.45, 7) is -1.96. The van der Waals surface area contributed by atoms with Crippen LogP contribution in [-0.2, 0) is 14.2 Å². The molecular formula is C60H62O24. The van der Waals surface area contributed by atoms with Crippen LogP contribution in [-0.4, -0.2) is 194 Å². The number of fused-ring (bicyclic) bond motifs is 2. The van der Waals surface area contributed by atoms with Crippen molar-refractivity contribution in [1.82, 2.24) is 0 Å². The SMILES string of the molecule is OC[C@@H]1O[C@H](Oc2ccc([C@H]3Oc4cc(/C=C\c5ccc(O[C@H]6O[C@H](CO)[C@H](O)[C@@H](O)[C@H]6O)cc5)cc(O)c4[C@@H]3c3cc(O)c4c(c3)O[C@H](c3ccc(O[C@@H]5O[C@H](CO)[C@H](O)[C@@H](O)[C@@H]5O)cc3)[C@@H]4c3cc(O)cc(O)c3)cc2)[C@@H](O)[C@@H](O)[C@@H]1O. The topological polar surface area (TPSA) is 398 Å². The first-order chi connectivity index (χ1) is 40.3. The highest BCUT2D eigenvalue weighted by molar-refractivity contribution is 5.73. The number of aliphatic hydroxyl groups excluding tert-OH is 12. The molecule has 11 rings (SSSR count). The van der Waals surface area contributed by atoms with Crippen LogP contribution in [0.2, 0.25) is 0 Å². The van der Waals surface area contributed by atoms with Crippen molar-refractivity contribution < 1.29 is 120 Å². The number of rotatable bonds is 15. The molecule has 24 heteroatoms. The molecule has 446 valence electrons. The second-order valence-corrected chi connectivity index (χ2v) is 21.2. The second-order valence-electron chi connectivity index (χ2n) is 21.2. The van der Waals surface area contributed by atoms with E-state index in [1.165, 1.54) is 48.5 Å². The molecule has 6 aromatic rings. The number of ether oxygens (including phenoxy) is 8. The van der Waals surface area contributed by atoms with Crippen LogP contribution in [0.4, 0.5) is 0 Å². The summed E-state index contributed by atoms with van der Waals surface area (Å²) < 4.78 is 47.5. The lowest BCUT2D eigenvalue weighted by molar-refractivity contribution is -0.277. The fourth-order valence-electron chi connectivity index (χ4n) is 11.3. The predicted molar refractivity (Wildman–Crippen MR) is 288 cm³/mol. The van der Waals surface area contributed by atoms with Crippen molar-refractivity contribution in [2.24, 2.45) is 0 Å². The minimum absolute atomic E-state index is 0.157. The van der Waals surface area contributed by atoms with E-state index in [0.29, 0.717) is 38.9 Å². The van der Waals surface area contributed by atoms with Crippen LogP contribution in [0.3, 0.4) is 0 Å². The molecule has 0 saturated carbocycles. The molecule has 0 aliphatic carbocycles. The van der Waals surface area contributed by atoms with Crippen molar-refractivity contribution in [2.45, 2.75) is 116 Å². The average Bonchev–Trinajstić information content (AvgIpc) is 3.44. The van der Waals surface area contributed by atoms with E-state index in [4.69, 9.17) is 37.9 Å². The lowest BCUT2D eigenvalue weighted by Crippen LogP contribution is -2.60. The summed E-state index contributed by atoms with van der Waals surface area (Å²) in [5.74, 6) is -1.76. The number of phenolic OH excluding ortho intramolecular Hbond substituents is 4. The summed E-state index contributed by atoms with van der Waals surface area (Å²) in [4.78, 5) is 0. The number of hydrogen-bond acceptors (Lipinski definition) is 24. The number of benzene rings is 6. The smallest absolute Gasteiger partial charge is 0.229 e. The Kier molecular flexibility index (Phi) is 16.7. The Hall–Kier alpha value is -7.34. The third-order valence-corrected chi connectivity index (χ3v) is 15.7. The van der Waals surface area contributed by atoms with E-state index in [1.807, 2.05) is 0 Å². The maximum Gasteiger partial charge on any atom is 0.229 e. The molecule has 0 aromatic heterocycles. The number of aliphatic hydroxyl groups is 12. The van der Waals surface area contributed by atoms with Gasteiger partial charge in [-0.2, -0.15) is 0 Å². The summed E-state index contributed by atoms with van der Waals surface area (Å²) in [5.41, 5.74) is 3.57. The number of hydrogen-bond donors (Lipinski definition) is 16. The minimum atomic E-state index is -1.69. The molecule has 0 amide bonds. The van der Waals surface area contributed by atoms with Gasteiger partial charge in [0.25, 0.3) is 0 Å². The van der Waals surface area contributed by atoms with Crippen LogP contribution < -0.4 is 23.7 Å². The molecule has 5 aliphatic heterocycles. The van der Waals surface area contributed by atoms with Gasteiger partial charge in [0.2, 0.25) is 18.9 Å². The highest BCUT2D eigenvalue weighted by Gasteiger charge is 2.49. The second kappa shape index (κ2) is 24.0. The Balaban J connectivity index is 0.913. The molecule has 5 aliphatic rings. The van der Waals surface area contributed by atoms with E-state index in [9.17, 15) is 81.7 Å². The highest BCUT2D eigenvalue weighted by atomic mass is 16.7. The van der Waals surface area contributed by atoms with Crippen LogP contribution in [0.15, 0.2) is 115 Å². The van der Waals surface area contributed by atoms with E-state index in [2.05, 4.69) is 0 Å². The zero-order valence-corrected chi connectivity index (χ0v) is 44.1. The Morgan fingerprint density at radius 2 is 0.714 bits per heavy atom. The van der Waals surface area contributed by atoms with Crippen LogP contribution in [0, 0.1) is 0 Å². The highest BCUT2D eigenvalue weighted by Crippen LogP contribution is 2.59. The van der Waals surface area contributed by atoms with Crippen molar-refractivity contribution in [3.8, 4) is 51.7 Å². The van der Waals surface area contributed by atoms with Gasteiger partial charge in [0.1, 0.15) is 137 Å². The molecule has 3 fully saturated rings. The van der Waals surface area contributed by atoms with E-state index >= 15 is 0 Å². The largest absolute Gasteiger partial charge is 0.508 e. The van der Waals surface area contributed by atoms with Gasteiger partial charge in [0.15, 0.2) is 0 Å². The molecule has 16 N–H and O–H groups in total. The number of phenols is 4. The van der Waals surface area contributed by atoms with Gasteiger partial charge >= 0.3 is 0 Å². The van der Waals surface area contributed by atoms with Crippen molar-refractivity contribution in [3.05, 3.63) is 160 Å². The molecule has 19 atom stereocenters. The van der Waals surface area contributed by atoms with E-state index in [-0.39, 0.29) is 57.3 Å². The Morgan fingerprint density at radius 1 is 0.357 bits per heavy atom. The summed E-state index contributed by atoms with van der Waals surface area (Å²) >= 11 is 0. The Bertz CT molecular complexity index is 3280. The van der Waals surface area contributed by atoms with Crippen molar-refractivity contribution in [3.63, 3.8) is 0 Å². The third kappa shape index (κ3) is 11.3. The monoisotopic (exact) mass is 1170 g/mol. The van der Waals surface area contributed by atoms with E-state index < -0.39 is 136 Å². The van der Waals surface area contributed by atoms with E-state index in [0.717, 1.165) is 6.07 Å². The van der Waals surface area contributed by atoms with Crippen LogP contribution in [0.1, 0.15) is 68.6 Å². The normalized spacial score (nSPS) is 32.7. The summed E-state index contributed by atoms with van der Waals surface area (Å²) in [5, 5.41) is 168. The van der Waals surface area contributed by atoms with Crippen molar-refractivity contribution in [2.75, 3.05) is 19.8 Å². The van der Waals surface area contributed by atoms with Gasteiger partial charge in [-0.05, 0) is 106 Å². The van der Waals surface area contributed by atoms with Gasteiger partial charge in [0, 0.05) is 17.2 Å². The zero-order chi connectivity index (χ0) is 59.4. The van der Waals surface area contributed by atoms with Crippen molar-refractivity contribution in [1.29, 1.82) is 0 Å². The average molecular weight is 1170 g/mol. The molecule has 84 heavy (non-hydrogen) atoms. The lowest BCUT2D eigenvalue weighted by atomic mass is 9.81. The molecule has 5 heterocycles. The van der Waals surface area contributed by atoms with Crippen LogP contribution in [0.25, 0.3) is 12.2 Å². The molecular weight excluding hydrogens is 1100 g/mol. The summed E-state index contributed by atoms with van der Waals surface area (Å²) in [7, 11) is 0. The molecule has 0 unspecified atom stereocenters. The molecule has 3 saturated heterocycles. The van der Waals surface area contributed by atoms with Crippen molar-refractivity contribution >= 4 is 12.2 Å². The van der Waals surface area contributed by atoms with Gasteiger partial charge in [-0.1, -0.05) is 48.6 Å². The molecule has 0 bridgehead atoms. The first-order valence-electron chi connectivity index (χ1n) is 26.8. The first-order valence-corrected chi connectivity index (χ1v) is 26.8. The fourth-order valence-corrected chi connectivity index (χ4v) is 11.3. The number of aromatic hydroxyl groups is 4. The van der Waals surface area contributed by atoms with Gasteiger partial charge in [-0.15, -0.1) is 0 Å². The summed E-state index contributed by atoms with van der Waals surface area (Å²) in [6.07, 6.45) is -21.1. The predicted octanol–water partition coefficient (Wildman–Crippen LogP) is 0.747. The fraction of sp³-hybridized carbons (Fsp3) is 0.367. The lowest BCUT2D eigenvalue weighted by Gasteiger charge is -2.39. The Labute approximate surface area is 477 Å². The van der Waals surface area contributed by atoms with Gasteiger partial charge in [-0.3, -0.25) is 0 Å². The molecule has 6 aromatic carbocycles. The quantitative estimate of drug-likeness (QED) is 0.0631. The Morgan fingerprint density at radius 3 is 1.12 bits per heavy atom. The zero-order valence-electron chi connectivity index (χ0n) is 44.1. The van der Waals surface area contributed by atoms with Crippen LogP contribution >= 0.6 is 0 Å². The molecule has 0 spiro atoms. The minimum Gasteiger partial charge on any atom is -0.508 e. The first kappa shape index (κ1) is 58.4. The third-order valence-electron chi connectivity index (χ3n) is 15.7. The molecule has 24 nitrogen and oxygen atoms in total. The summed E-state index contributed by atoms with van der Waals surface area (Å²) in [6, 6.07) is 29.6. The maximum absolute atomic E-state index is 12.3. The van der Waals surface area contributed by atoms with Gasteiger partial charge in [-0.25, -0.2) is 0 Å². The standard InChI is InChI=1S/C60H62O24/c61-22-40-47(68)50(71)53(74)58(82-40)77-33-9-3-25(4-10-33)1-2-26-15-36(66)45-38(16-26)80-57(28-7-13-35(14-8-28)79-60-55(76)52(73)49(70)42(24-63)84-60)44(45)30-19-37(67)46-39(20-30)81-56(43(46)29-17-31(64)21-32(65)18-29)27-5-11-34(12-6-27)78-59-54(75)51(72)48(69)41(23-62)83-59/h1-21,40-44,47-76H,22-24H2/b2-1-/t40-,41-,42+,43-,44+,47+,48+,49-,50-,51-,52+,53-,54+,55+,56-,57-,58+,59-,60+/m1/s1. The van der Waals surface area contributed by atoms with Gasteiger partial charge < -0.3 is 120 Å².